The van der Waals surface area contributed by atoms with Crippen LogP contribution in [0.2, 0.25) is 0 Å². The molecule has 2 heterocycles. The molecular weight excluding hydrogens is 518 g/mol. The first-order chi connectivity index (χ1) is 19.0. The van der Waals surface area contributed by atoms with Crippen LogP contribution in [0, 0.1) is 5.92 Å². The minimum atomic E-state index is -0.979. The molecule has 13 heteroatoms. The number of ketones is 1. The lowest BCUT2D eigenvalue weighted by Crippen LogP contribution is -2.58. The van der Waals surface area contributed by atoms with E-state index in [2.05, 4.69) is 31.2 Å². The molecule has 13 nitrogen and oxygen atoms in total. The molecule has 4 atom stereocenters. The van der Waals surface area contributed by atoms with Crippen molar-refractivity contribution in [2.24, 2.45) is 5.92 Å². The molecule has 0 bridgehead atoms. The summed E-state index contributed by atoms with van der Waals surface area (Å²) in [4.78, 5) is 86.3. The lowest BCUT2D eigenvalue weighted by molar-refractivity contribution is -0.144. The number of hydrogen-bond donors (Lipinski definition) is 4. The molecule has 2 fully saturated rings. The van der Waals surface area contributed by atoms with Crippen molar-refractivity contribution in [1.82, 2.24) is 36.1 Å². The largest absolute Gasteiger partial charge is 0.347 e. The lowest BCUT2D eigenvalue weighted by Gasteiger charge is -2.31. The van der Waals surface area contributed by atoms with Crippen LogP contribution in [0.4, 0.5) is 0 Å². The Morgan fingerprint density at radius 1 is 1.00 bits per heavy atom. The third-order valence-corrected chi connectivity index (χ3v) is 6.95. The maximum Gasteiger partial charge on any atom is 0.289 e. The number of aromatic nitrogens is 2. The third-order valence-electron chi connectivity index (χ3n) is 6.95. The van der Waals surface area contributed by atoms with Crippen LogP contribution in [0.15, 0.2) is 18.6 Å². The molecule has 3 rings (SSSR count). The van der Waals surface area contributed by atoms with E-state index in [0.29, 0.717) is 32.2 Å². The standard InChI is InChI=1S/C27H39N7O6/c1-5-7-18(22(35)26(39)31-17-9-10-17)32-25(38)20-8-6-13-34(20)27(40)21(15(2)3)33-23(36)16(4)30-24(37)19-14-28-11-12-29-19/h11-12,14-18,20-21H,5-10,13H2,1-4H3,(H,30,37)(H,31,39)(H,32,38)(H,33,36). The molecule has 218 valence electrons. The quantitative estimate of drug-likeness (QED) is 0.242. The maximum atomic E-state index is 13.6. The molecule has 5 amide bonds. The predicted octanol–water partition coefficient (Wildman–Crippen LogP) is -0.141. The number of carbonyl (C=O) groups is 6. The van der Waals surface area contributed by atoms with Gasteiger partial charge in [0, 0.05) is 25.0 Å². The topological polar surface area (TPSA) is 180 Å². The van der Waals surface area contributed by atoms with E-state index in [9.17, 15) is 28.8 Å². The molecule has 2 aliphatic rings. The van der Waals surface area contributed by atoms with Gasteiger partial charge in [0.15, 0.2) is 0 Å². The fourth-order valence-electron chi connectivity index (χ4n) is 4.49. The highest BCUT2D eigenvalue weighted by Gasteiger charge is 2.40. The van der Waals surface area contributed by atoms with Crippen LogP contribution < -0.4 is 21.3 Å². The normalized spacial score (nSPS) is 18.8. The van der Waals surface area contributed by atoms with Crippen molar-refractivity contribution < 1.29 is 28.8 Å². The first-order valence-corrected chi connectivity index (χ1v) is 13.9. The molecule has 4 unspecified atom stereocenters. The lowest BCUT2D eigenvalue weighted by atomic mass is 10.0. The molecule has 0 radical (unpaired) electrons. The summed E-state index contributed by atoms with van der Waals surface area (Å²) < 4.78 is 0. The van der Waals surface area contributed by atoms with E-state index in [1.807, 2.05) is 6.92 Å². The number of nitrogens with one attached hydrogen (secondary N) is 4. The van der Waals surface area contributed by atoms with Gasteiger partial charge >= 0.3 is 0 Å². The van der Waals surface area contributed by atoms with Crippen LogP contribution in [-0.2, 0) is 24.0 Å². The smallest absolute Gasteiger partial charge is 0.289 e. The van der Waals surface area contributed by atoms with Crippen LogP contribution in [0.25, 0.3) is 0 Å². The summed E-state index contributed by atoms with van der Waals surface area (Å²) in [6, 6.07) is -3.71. The Morgan fingerprint density at radius 2 is 1.73 bits per heavy atom. The van der Waals surface area contributed by atoms with Crippen molar-refractivity contribution in [3.8, 4) is 0 Å². The Bertz CT molecular complexity index is 1110. The molecule has 0 aromatic carbocycles. The Hall–Kier alpha value is -3.90. The number of rotatable bonds is 13. The van der Waals surface area contributed by atoms with Gasteiger partial charge in [0.05, 0.1) is 12.2 Å². The zero-order valence-corrected chi connectivity index (χ0v) is 23.4. The van der Waals surface area contributed by atoms with Crippen molar-refractivity contribution >= 4 is 35.3 Å². The summed E-state index contributed by atoms with van der Waals surface area (Å²) in [5.74, 6) is -3.80. The number of nitrogens with zero attached hydrogens (tertiary/aromatic N) is 3. The van der Waals surface area contributed by atoms with E-state index in [0.717, 1.165) is 12.8 Å². The van der Waals surface area contributed by atoms with Crippen molar-refractivity contribution in [2.75, 3.05) is 6.54 Å². The van der Waals surface area contributed by atoms with E-state index in [1.165, 1.54) is 30.4 Å². The number of carbonyl (C=O) groups excluding carboxylic acids is 6. The van der Waals surface area contributed by atoms with Crippen molar-refractivity contribution in [3.63, 3.8) is 0 Å². The third kappa shape index (κ3) is 8.06. The van der Waals surface area contributed by atoms with Crippen molar-refractivity contribution in [1.29, 1.82) is 0 Å². The van der Waals surface area contributed by atoms with Gasteiger partial charge in [0.25, 0.3) is 11.8 Å². The fraction of sp³-hybridized carbons (Fsp3) is 0.630. The first-order valence-electron chi connectivity index (χ1n) is 13.9. The minimum Gasteiger partial charge on any atom is -0.347 e. The van der Waals surface area contributed by atoms with Crippen LogP contribution in [0.3, 0.4) is 0 Å². The maximum absolute atomic E-state index is 13.6. The van der Waals surface area contributed by atoms with Gasteiger partial charge in [-0.3, -0.25) is 33.8 Å². The molecule has 1 aromatic rings. The molecule has 40 heavy (non-hydrogen) atoms. The van der Waals surface area contributed by atoms with E-state index in [1.54, 1.807) is 13.8 Å². The van der Waals surface area contributed by atoms with Crippen LogP contribution in [-0.4, -0.2) is 86.9 Å². The Kier molecular flexibility index (Phi) is 10.7. The van der Waals surface area contributed by atoms with Crippen molar-refractivity contribution in [3.05, 3.63) is 24.3 Å². The summed E-state index contributed by atoms with van der Waals surface area (Å²) >= 11 is 0. The van der Waals surface area contributed by atoms with Crippen LogP contribution >= 0.6 is 0 Å². The minimum absolute atomic E-state index is 0.0172. The first kappa shape index (κ1) is 30.6. The highest BCUT2D eigenvalue weighted by molar-refractivity contribution is 6.38. The second-order valence-electron chi connectivity index (χ2n) is 10.7. The van der Waals surface area contributed by atoms with E-state index in [-0.39, 0.29) is 17.7 Å². The van der Waals surface area contributed by atoms with Gasteiger partial charge in [-0.15, -0.1) is 0 Å². The highest BCUT2D eigenvalue weighted by atomic mass is 16.2. The van der Waals surface area contributed by atoms with Gasteiger partial charge in [-0.1, -0.05) is 27.2 Å². The summed E-state index contributed by atoms with van der Waals surface area (Å²) in [7, 11) is 0. The second kappa shape index (κ2) is 13.9. The summed E-state index contributed by atoms with van der Waals surface area (Å²) in [6.07, 6.45) is 7.57. The zero-order chi connectivity index (χ0) is 29.4. The Morgan fingerprint density at radius 3 is 2.33 bits per heavy atom. The van der Waals surface area contributed by atoms with E-state index < -0.39 is 59.5 Å². The average Bonchev–Trinajstić information content (AvgIpc) is 3.61. The van der Waals surface area contributed by atoms with Crippen LogP contribution in [0.5, 0.6) is 0 Å². The van der Waals surface area contributed by atoms with Gasteiger partial charge in [-0.2, -0.15) is 0 Å². The highest BCUT2D eigenvalue weighted by Crippen LogP contribution is 2.21. The zero-order valence-electron chi connectivity index (χ0n) is 23.4. The van der Waals surface area contributed by atoms with Gasteiger partial charge in [-0.25, -0.2) is 4.98 Å². The molecule has 1 aliphatic carbocycles. The number of hydrogen-bond acceptors (Lipinski definition) is 8. The summed E-state index contributed by atoms with van der Waals surface area (Å²) in [5.41, 5.74) is 0.0504. The second-order valence-corrected chi connectivity index (χ2v) is 10.7. The molecule has 1 saturated carbocycles. The number of likely N-dealkylation sites (tertiary alicyclic amines) is 1. The molecule has 1 saturated heterocycles. The number of Topliss-reactive ketones (excluding diaryl/α,β-unsaturated/α-hetero) is 1. The van der Waals surface area contributed by atoms with E-state index >= 15 is 0 Å². The molecule has 4 N–H and O–H groups in total. The van der Waals surface area contributed by atoms with Gasteiger partial charge in [0.2, 0.25) is 23.5 Å². The molecular formula is C27H39N7O6. The number of amides is 5. The summed E-state index contributed by atoms with van der Waals surface area (Å²) in [6.45, 7) is 7.19. The Balaban J connectivity index is 1.63. The molecule has 0 spiro atoms. The summed E-state index contributed by atoms with van der Waals surface area (Å²) in [5, 5.41) is 10.6. The van der Waals surface area contributed by atoms with Crippen LogP contribution in [0.1, 0.15) is 76.7 Å². The molecule has 1 aromatic heterocycles. The van der Waals surface area contributed by atoms with Gasteiger partial charge in [-0.05, 0) is 44.9 Å². The van der Waals surface area contributed by atoms with Gasteiger partial charge in [0.1, 0.15) is 23.8 Å². The predicted molar refractivity (Wildman–Crippen MR) is 143 cm³/mol. The van der Waals surface area contributed by atoms with Crippen molar-refractivity contribution in [2.45, 2.75) is 96.4 Å². The fourth-order valence-corrected chi connectivity index (χ4v) is 4.49. The van der Waals surface area contributed by atoms with E-state index in [4.69, 9.17) is 0 Å². The SMILES string of the molecule is CCCC(NC(=O)C1CCCN1C(=O)C(NC(=O)C(C)NC(=O)c1cnccn1)C(C)C)C(=O)C(=O)NC1CC1. The van der Waals surface area contributed by atoms with Gasteiger partial charge < -0.3 is 26.2 Å². The Labute approximate surface area is 233 Å². The molecule has 1 aliphatic heterocycles. The average molecular weight is 558 g/mol. The monoisotopic (exact) mass is 557 g/mol.